The molecule has 0 radical (unpaired) electrons. The summed E-state index contributed by atoms with van der Waals surface area (Å²) in [5.41, 5.74) is 5.82. The molecule has 0 aliphatic heterocycles. The predicted octanol–water partition coefficient (Wildman–Crippen LogP) is 0.640. The molecular formula is C13H19N3O3S2. The lowest BCUT2D eigenvalue weighted by Gasteiger charge is -2.34. The molecule has 0 aromatic carbocycles. The second-order valence-electron chi connectivity index (χ2n) is 5.18. The highest BCUT2D eigenvalue weighted by atomic mass is 32.2. The normalized spacial score (nSPS) is 23.2. The number of aliphatic hydroxyl groups is 1. The second-order valence-corrected chi connectivity index (χ2v) is 7.62. The summed E-state index contributed by atoms with van der Waals surface area (Å²) in [5.74, 6) is 0. The number of nitrogens with zero attached hydrogens (tertiary/aromatic N) is 2. The zero-order chi connectivity index (χ0) is 15.6. The molecule has 1 fully saturated rings. The van der Waals surface area contributed by atoms with E-state index in [9.17, 15) is 13.5 Å². The zero-order valence-electron chi connectivity index (χ0n) is 11.8. The summed E-state index contributed by atoms with van der Waals surface area (Å²) in [4.78, 5) is 4.15. The summed E-state index contributed by atoms with van der Waals surface area (Å²) in [7, 11) is -2.19. The second kappa shape index (κ2) is 6.35. The molecule has 1 heterocycles. The van der Waals surface area contributed by atoms with Crippen LogP contribution in [0.5, 0.6) is 0 Å². The van der Waals surface area contributed by atoms with E-state index in [1.54, 1.807) is 0 Å². The van der Waals surface area contributed by atoms with Gasteiger partial charge in [0.1, 0.15) is 9.88 Å². The van der Waals surface area contributed by atoms with Crippen molar-refractivity contribution in [1.82, 2.24) is 9.29 Å². The van der Waals surface area contributed by atoms with E-state index in [1.807, 2.05) is 0 Å². The SMILES string of the molecule is CN(C1CCCCC1O)S(=O)(=O)c1ccc(C(N)=S)nc1. The third-order valence-corrected chi connectivity index (χ3v) is 5.90. The molecule has 21 heavy (non-hydrogen) atoms. The van der Waals surface area contributed by atoms with E-state index in [2.05, 4.69) is 4.98 Å². The van der Waals surface area contributed by atoms with Crippen LogP contribution in [0.15, 0.2) is 23.2 Å². The maximum absolute atomic E-state index is 12.6. The number of aromatic nitrogens is 1. The van der Waals surface area contributed by atoms with Crippen LogP contribution in [0.2, 0.25) is 0 Å². The maximum atomic E-state index is 12.6. The average molecular weight is 329 g/mol. The lowest BCUT2D eigenvalue weighted by molar-refractivity contribution is 0.0638. The molecule has 1 saturated carbocycles. The van der Waals surface area contributed by atoms with Gasteiger partial charge in [0.05, 0.1) is 17.8 Å². The smallest absolute Gasteiger partial charge is 0.244 e. The molecule has 2 rings (SSSR count). The molecule has 2 atom stereocenters. The highest BCUT2D eigenvalue weighted by Gasteiger charge is 2.34. The maximum Gasteiger partial charge on any atom is 0.244 e. The van der Waals surface area contributed by atoms with Crippen LogP contribution < -0.4 is 5.73 Å². The first-order chi connectivity index (χ1) is 9.84. The van der Waals surface area contributed by atoms with Crippen LogP contribution in [0.1, 0.15) is 31.4 Å². The number of sulfonamides is 1. The Morgan fingerprint density at radius 3 is 2.62 bits per heavy atom. The summed E-state index contributed by atoms with van der Waals surface area (Å²) in [5, 5.41) is 10.0. The summed E-state index contributed by atoms with van der Waals surface area (Å²) in [6.45, 7) is 0. The van der Waals surface area contributed by atoms with Gasteiger partial charge in [-0.2, -0.15) is 4.31 Å². The minimum atomic E-state index is -3.69. The standard InChI is InChI=1S/C13H19N3O3S2/c1-16(11-4-2-3-5-12(11)17)21(18,19)9-6-7-10(13(14)20)15-8-9/h6-8,11-12,17H,2-5H2,1H3,(H2,14,20). The lowest BCUT2D eigenvalue weighted by atomic mass is 9.93. The van der Waals surface area contributed by atoms with Gasteiger partial charge in [-0.1, -0.05) is 25.1 Å². The van der Waals surface area contributed by atoms with E-state index in [0.717, 1.165) is 12.8 Å². The molecule has 116 valence electrons. The number of aliphatic hydroxyl groups excluding tert-OH is 1. The number of rotatable bonds is 4. The number of pyridine rings is 1. The fourth-order valence-electron chi connectivity index (χ4n) is 2.54. The van der Waals surface area contributed by atoms with Crippen molar-refractivity contribution in [3.8, 4) is 0 Å². The highest BCUT2D eigenvalue weighted by Crippen LogP contribution is 2.26. The van der Waals surface area contributed by atoms with Crippen LogP contribution in [0, 0.1) is 0 Å². The lowest BCUT2D eigenvalue weighted by Crippen LogP contribution is -2.46. The van der Waals surface area contributed by atoms with Gasteiger partial charge in [-0.05, 0) is 25.0 Å². The summed E-state index contributed by atoms with van der Waals surface area (Å²) in [6, 6.07) is 2.53. The van der Waals surface area contributed by atoms with Crippen LogP contribution in [0.3, 0.4) is 0 Å². The predicted molar refractivity (Wildman–Crippen MR) is 83.3 cm³/mol. The Labute approximate surface area is 130 Å². The van der Waals surface area contributed by atoms with Crippen molar-refractivity contribution >= 4 is 27.2 Å². The van der Waals surface area contributed by atoms with E-state index in [0.29, 0.717) is 18.5 Å². The van der Waals surface area contributed by atoms with E-state index in [-0.39, 0.29) is 15.9 Å². The number of likely N-dealkylation sites (N-methyl/N-ethyl adjacent to an activating group) is 1. The average Bonchev–Trinajstić information content (AvgIpc) is 2.47. The van der Waals surface area contributed by atoms with Crippen molar-refractivity contribution in [3.63, 3.8) is 0 Å². The van der Waals surface area contributed by atoms with E-state index in [4.69, 9.17) is 18.0 Å². The molecule has 3 N–H and O–H groups in total. The Kier molecular flexibility index (Phi) is 4.92. The van der Waals surface area contributed by atoms with Crippen LogP contribution >= 0.6 is 12.2 Å². The molecule has 1 aromatic heterocycles. The molecule has 1 aliphatic rings. The molecule has 2 unspecified atom stereocenters. The minimum Gasteiger partial charge on any atom is -0.391 e. The topological polar surface area (TPSA) is 96.5 Å². The fraction of sp³-hybridized carbons (Fsp3) is 0.538. The van der Waals surface area contributed by atoms with Gasteiger partial charge in [0.15, 0.2) is 0 Å². The number of hydrogen-bond acceptors (Lipinski definition) is 5. The Morgan fingerprint density at radius 1 is 1.43 bits per heavy atom. The van der Waals surface area contributed by atoms with Crippen LogP contribution in [0.25, 0.3) is 0 Å². The van der Waals surface area contributed by atoms with E-state index >= 15 is 0 Å². The third kappa shape index (κ3) is 3.39. The van der Waals surface area contributed by atoms with Gasteiger partial charge >= 0.3 is 0 Å². The van der Waals surface area contributed by atoms with Crippen molar-refractivity contribution in [1.29, 1.82) is 0 Å². The summed E-state index contributed by atoms with van der Waals surface area (Å²) >= 11 is 4.79. The summed E-state index contributed by atoms with van der Waals surface area (Å²) < 4.78 is 26.4. The van der Waals surface area contributed by atoms with E-state index in [1.165, 1.54) is 29.7 Å². The first-order valence-electron chi connectivity index (χ1n) is 6.76. The number of thiocarbonyl (C=S) groups is 1. The van der Waals surface area contributed by atoms with Gasteiger partial charge < -0.3 is 10.8 Å². The Hall–Kier alpha value is -1.09. The van der Waals surface area contributed by atoms with Crippen LogP contribution in [-0.4, -0.2) is 47.0 Å². The van der Waals surface area contributed by atoms with Gasteiger partial charge in [0, 0.05) is 13.2 Å². The molecule has 0 bridgehead atoms. The number of hydrogen-bond donors (Lipinski definition) is 2. The van der Waals surface area contributed by atoms with Gasteiger partial charge in [-0.3, -0.25) is 4.98 Å². The van der Waals surface area contributed by atoms with Crippen LogP contribution in [0.4, 0.5) is 0 Å². The van der Waals surface area contributed by atoms with Gasteiger partial charge in [-0.15, -0.1) is 0 Å². The monoisotopic (exact) mass is 329 g/mol. The largest absolute Gasteiger partial charge is 0.391 e. The Morgan fingerprint density at radius 2 is 2.10 bits per heavy atom. The Bertz CT molecular complexity index is 616. The quantitative estimate of drug-likeness (QED) is 0.787. The summed E-state index contributed by atoms with van der Waals surface area (Å²) in [6.07, 6.45) is 3.76. The van der Waals surface area contributed by atoms with Crippen molar-refractivity contribution in [2.45, 2.75) is 42.7 Å². The van der Waals surface area contributed by atoms with Crippen molar-refractivity contribution in [3.05, 3.63) is 24.0 Å². The van der Waals surface area contributed by atoms with Crippen molar-refractivity contribution in [2.75, 3.05) is 7.05 Å². The van der Waals surface area contributed by atoms with Crippen molar-refractivity contribution < 1.29 is 13.5 Å². The van der Waals surface area contributed by atoms with Gasteiger partial charge in [0.25, 0.3) is 0 Å². The van der Waals surface area contributed by atoms with Crippen LogP contribution in [-0.2, 0) is 10.0 Å². The Balaban J connectivity index is 2.26. The molecule has 1 aliphatic carbocycles. The molecule has 0 saturated heterocycles. The number of nitrogens with two attached hydrogens (primary N) is 1. The molecular weight excluding hydrogens is 310 g/mol. The minimum absolute atomic E-state index is 0.0720. The first-order valence-corrected chi connectivity index (χ1v) is 8.61. The molecule has 0 amide bonds. The third-order valence-electron chi connectivity index (χ3n) is 3.83. The first kappa shape index (κ1) is 16.3. The molecule has 8 heteroatoms. The van der Waals surface area contributed by atoms with Gasteiger partial charge in [-0.25, -0.2) is 8.42 Å². The molecule has 1 aromatic rings. The van der Waals surface area contributed by atoms with Crippen molar-refractivity contribution in [2.24, 2.45) is 5.73 Å². The van der Waals surface area contributed by atoms with E-state index < -0.39 is 16.1 Å². The highest BCUT2D eigenvalue weighted by molar-refractivity contribution is 7.89. The van der Waals surface area contributed by atoms with Gasteiger partial charge in [0.2, 0.25) is 10.0 Å². The fourth-order valence-corrected chi connectivity index (χ4v) is 4.02. The zero-order valence-corrected chi connectivity index (χ0v) is 13.4. The molecule has 0 spiro atoms. The molecule has 6 nitrogen and oxygen atoms in total.